The summed E-state index contributed by atoms with van der Waals surface area (Å²) in [6.07, 6.45) is -6.40. The Bertz CT molecular complexity index is 259. The third kappa shape index (κ3) is 7.12. The van der Waals surface area contributed by atoms with Gasteiger partial charge in [-0.3, -0.25) is 4.79 Å². The normalized spacial score (nSPS) is 18.4. The van der Waals surface area contributed by atoms with Crippen LogP contribution in [0.25, 0.3) is 0 Å². The van der Waals surface area contributed by atoms with Crippen LogP contribution in [0.4, 0.5) is 0 Å². The maximum atomic E-state index is 11.4. The van der Waals surface area contributed by atoms with Crippen molar-refractivity contribution in [2.24, 2.45) is 0 Å². The lowest BCUT2D eigenvalue weighted by Gasteiger charge is -2.24. The van der Waals surface area contributed by atoms with E-state index in [0.717, 1.165) is 23.0 Å². The molecule has 0 saturated carbocycles. The maximum Gasteiger partial charge on any atom is 0.251 e. The zero-order valence-corrected chi connectivity index (χ0v) is 14.3. The zero-order valence-electron chi connectivity index (χ0n) is 10.9. The van der Waals surface area contributed by atoms with E-state index in [-0.39, 0.29) is 0 Å². The van der Waals surface area contributed by atoms with E-state index in [1.165, 1.54) is 0 Å². The molecule has 114 valence electrons. The minimum atomic E-state index is -1.86. The van der Waals surface area contributed by atoms with Crippen molar-refractivity contribution in [2.75, 3.05) is 13.2 Å². The van der Waals surface area contributed by atoms with E-state index in [1.54, 1.807) is 0 Å². The van der Waals surface area contributed by atoms with E-state index in [9.17, 15) is 20.1 Å². The second-order valence-corrected chi connectivity index (χ2v) is 7.59. The molecule has 0 spiro atoms. The second-order valence-electron chi connectivity index (χ2n) is 4.17. The van der Waals surface area contributed by atoms with Crippen LogP contribution in [0.15, 0.2) is 0 Å². The molecular formula is C9H23NO7Si2. The van der Waals surface area contributed by atoms with Gasteiger partial charge in [0, 0.05) is 6.54 Å². The standard InChI is InChI=1S/C9H23NO7Si2/c11-4-5(12)6(13)7(14)8(15)9(16)10-2-1-3-19-17-18/h5-8,11-15H,1-4,19H2,18H3,(H,10,16)/t5-,6-,7+,8-/m1/s1. The molecule has 0 aliphatic rings. The largest absolute Gasteiger partial charge is 0.468 e. The number of hydrogen-bond donors (Lipinski definition) is 6. The Morgan fingerprint density at radius 3 is 2.42 bits per heavy atom. The molecule has 10 heteroatoms. The third-order valence-electron chi connectivity index (χ3n) is 2.60. The van der Waals surface area contributed by atoms with E-state index in [2.05, 4.69) is 5.32 Å². The quantitative estimate of drug-likeness (QED) is 0.175. The Morgan fingerprint density at radius 1 is 1.26 bits per heavy atom. The predicted octanol–water partition coefficient (Wildman–Crippen LogP) is -5.27. The topological polar surface area (TPSA) is 139 Å². The van der Waals surface area contributed by atoms with Gasteiger partial charge in [-0.2, -0.15) is 0 Å². The van der Waals surface area contributed by atoms with Gasteiger partial charge in [0.1, 0.15) is 38.6 Å². The van der Waals surface area contributed by atoms with Crippen LogP contribution in [-0.2, 0) is 8.91 Å². The summed E-state index contributed by atoms with van der Waals surface area (Å²) in [4.78, 5) is 11.4. The van der Waals surface area contributed by atoms with E-state index < -0.39 is 46.7 Å². The molecule has 0 radical (unpaired) electrons. The number of hydrogen-bond acceptors (Lipinski definition) is 7. The molecule has 0 aromatic rings. The minimum Gasteiger partial charge on any atom is -0.468 e. The van der Waals surface area contributed by atoms with E-state index in [4.69, 9.17) is 14.3 Å². The first-order valence-electron chi connectivity index (χ1n) is 6.05. The lowest BCUT2D eigenvalue weighted by molar-refractivity contribution is -0.148. The van der Waals surface area contributed by atoms with Crippen molar-refractivity contribution in [1.29, 1.82) is 0 Å². The summed E-state index contributed by atoms with van der Waals surface area (Å²) in [6, 6.07) is 0.911. The SMILES string of the molecule is O=C(NCCC[SiH2]O[SiH3])[C@H](O)[C@@H](O)[C@H](O)[C@H](O)CO. The fourth-order valence-corrected chi connectivity index (χ4v) is 2.97. The van der Waals surface area contributed by atoms with Gasteiger partial charge in [-0.05, 0) is 12.5 Å². The van der Waals surface area contributed by atoms with Gasteiger partial charge in [-0.1, -0.05) is 0 Å². The average Bonchev–Trinajstić information content (AvgIpc) is 2.43. The number of carbonyl (C=O) groups excluding carboxylic acids is 1. The molecule has 0 aromatic carbocycles. The molecule has 0 unspecified atom stereocenters. The fraction of sp³-hybridized carbons (Fsp3) is 0.889. The van der Waals surface area contributed by atoms with Gasteiger partial charge < -0.3 is 35.0 Å². The smallest absolute Gasteiger partial charge is 0.251 e. The number of carbonyl (C=O) groups is 1. The van der Waals surface area contributed by atoms with Crippen LogP contribution in [0.2, 0.25) is 6.04 Å². The Balaban J connectivity index is 4.03. The number of rotatable bonds is 10. The first-order chi connectivity index (χ1) is 8.95. The maximum absolute atomic E-state index is 11.4. The molecule has 6 N–H and O–H groups in total. The lowest BCUT2D eigenvalue weighted by atomic mass is 10.0. The highest BCUT2D eigenvalue weighted by molar-refractivity contribution is 6.34. The lowest BCUT2D eigenvalue weighted by Crippen LogP contribution is -2.51. The third-order valence-corrected chi connectivity index (χ3v) is 5.02. The fourth-order valence-electron chi connectivity index (χ4n) is 1.37. The van der Waals surface area contributed by atoms with Crippen LogP contribution >= 0.6 is 0 Å². The Kier molecular flexibility index (Phi) is 10.3. The molecule has 4 atom stereocenters. The highest BCUT2D eigenvalue weighted by Gasteiger charge is 2.33. The molecule has 8 nitrogen and oxygen atoms in total. The molecule has 0 aliphatic heterocycles. The van der Waals surface area contributed by atoms with Gasteiger partial charge in [0.25, 0.3) is 5.91 Å². The van der Waals surface area contributed by atoms with Crippen molar-refractivity contribution in [2.45, 2.75) is 36.9 Å². The molecule has 0 rings (SSSR count). The average molecular weight is 313 g/mol. The highest BCUT2D eigenvalue weighted by atomic mass is 28.3. The summed E-state index contributed by atoms with van der Waals surface area (Å²) in [5, 5.41) is 48.4. The first-order valence-corrected chi connectivity index (χ1v) is 8.44. The monoisotopic (exact) mass is 313 g/mol. The van der Waals surface area contributed by atoms with Crippen molar-refractivity contribution in [3.8, 4) is 0 Å². The summed E-state index contributed by atoms with van der Waals surface area (Å²) >= 11 is 0. The van der Waals surface area contributed by atoms with Gasteiger partial charge in [0.05, 0.1) is 6.61 Å². The summed E-state index contributed by atoms with van der Waals surface area (Å²) in [6.45, 7) is -0.434. The Morgan fingerprint density at radius 2 is 1.89 bits per heavy atom. The van der Waals surface area contributed by atoms with Crippen LogP contribution in [0.1, 0.15) is 6.42 Å². The van der Waals surface area contributed by atoms with Gasteiger partial charge in [-0.15, -0.1) is 0 Å². The molecule has 0 aromatic heterocycles. The second kappa shape index (κ2) is 10.5. The highest BCUT2D eigenvalue weighted by Crippen LogP contribution is 2.05. The van der Waals surface area contributed by atoms with E-state index in [0.29, 0.717) is 6.54 Å². The van der Waals surface area contributed by atoms with Crippen molar-refractivity contribution >= 4 is 26.2 Å². The molecule has 0 bridgehead atoms. The molecule has 0 aliphatic carbocycles. The van der Waals surface area contributed by atoms with E-state index >= 15 is 0 Å². The first kappa shape index (κ1) is 18.7. The number of amides is 1. The van der Waals surface area contributed by atoms with Crippen LogP contribution in [0.5, 0.6) is 0 Å². The predicted molar refractivity (Wildman–Crippen MR) is 73.1 cm³/mol. The van der Waals surface area contributed by atoms with Crippen LogP contribution < -0.4 is 5.32 Å². The number of aliphatic hydroxyl groups is 5. The zero-order chi connectivity index (χ0) is 14.8. The van der Waals surface area contributed by atoms with Crippen molar-refractivity contribution in [1.82, 2.24) is 5.32 Å². The molecule has 1 amide bonds. The van der Waals surface area contributed by atoms with Gasteiger partial charge in [-0.25, -0.2) is 0 Å². The summed E-state index contributed by atoms with van der Waals surface area (Å²) in [5.41, 5.74) is 0. The number of aliphatic hydroxyl groups excluding tert-OH is 5. The molecule has 19 heavy (non-hydrogen) atoms. The Hall–Kier alpha value is -0.336. The van der Waals surface area contributed by atoms with Gasteiger partial charge >= 0.3 is 0 Å². The summed E-state index contributed by atoms with van der Waals surface area (Å²) < 4.78 is 5.10. The molecule has 0 saturated heterocycles. The molecular weight excluding hydrogens is 290 g/mol. The number of nitrogens with one attached hydrogen (secondary N) is 1. The minimum absolute atomic E-state index is 0.346. The van der Waals surface area contributed by atoms with Crippen LogP contribution in [0, 0.1) is 0 Å². The Labute approximate surface area is 116 Å². The van der Waals surface area contributed by atoms with Gasteiger partial charge in [0.2, 0.25) is 0 Å². The van der Waals surface area contributed by atoms with Crippen LogP contribution in [0.3, 0.4) is 0 Å². The van der Waals surface area contributed by atoms with Crippen LogP contribution in [-0.4, -0.2) is 89.3 Å². The summed E-state index contributed by atoms with van der Waals surface area (Å²) in [5.74, 6) is -0.829. The summed E-state index contributed by atoms with van der Waals surface area (Å²) in [7, 11) is 0.237. The molecule has 0 heterocycles. The molecule has 0 fully saturated rings. The van der Waals surface area contributed by atoms with Gasteiger partial charge in [0.15, 0.2) is 6.10 Å². The van der Waals surface area contributed by atoms with Crippen molar-refractivity contribution in [3.05, 3.63) is 0 Å². The van der Waals surface area contributed by atoms with E-state index in [1.807, 2.05) is 0 Å². The van der Waals surface area contributed by atoms with Crippen molar-refractivity contribution < 1.29 is 34.4 Å². The van der Waals surface area contributed by atoms with Crippen molar-refractivity contribution in [3.63, 3.8) is 0 Å².